The molecule has 0 atom stereocenters. The standard InChI is InChI=1S/C15H26N4O2/c1-4-8-19(11-15(2,3)10-16)9-13(20)18-14(21)12-6-5-7-17-12/h5-7,17H,4,8-11,16H2,1-3H3,(H,18,20,21). The fourth-order valence-corrected chi connectivity index (χ4v) is 2.11. The molecule has 0 aromatic carbocycles. The van der Waals surface area contributed by atoms with Crippen molar-refractivity contribution in [3.8, 4) is 0 Å². The van der Waals surface area contributed by atoms with Crippen molar-refractivity contribution in [1.82, 2.24) is 15.2 Å². The summed E-state index contributed by atoms with van der Waals surface area (Å²) in [4.78, 5) is 28.6. The molecule has 0 aliphatic carbocycles. The van der Waals surface area contributed by atoms with Crippen LogP contribution in [0.15, 0.2) is 18.3 Å². The average molecular weight is 294 g/mol. The molecule has 1 aromatic heterocycles. The van der Waals surface area contributed by atoms with E-state index >= 15 is 0 Å². The molecule has 0 unspecified atom stereocenters. The van der Waals surface area contributed by atoms with Gasteiger partial charge in [-0.3, -0.25) is 19.8 Å². The van der Waals surface area contributed by atoms with Gasteiger partial charge in [0.2, 0.25) is 5.91 Å². The first kappa shape index (κ1) is 17.4. The lowest BCUT2D eigenvalue weighted by molar-refractivity contribution is -0.121. The van der Waals surface area contributed by atoms with Crippen molar-refractivity contribution in [3.63, 3.8) is 0 Å². The van der Waals surface area contributed by atoms with Crippen LogP contribution in [0.5, 0.6) is 0 Å². The second-order valence-corrected chi connectivity index (χ2v) is 6.04. The zero-order chi connectivity index (χ0) is 15.9. The molecular weight excluding hydrogens is 268 g/mol. The fourth-order valence-electron chi connectivity index (χ4n) is 2.11. The molecule has 0 radical (unpaired) electrons. The van der Waals surface area contributed by atoms with Gasteiger partial charge in [-0.25, -0.2) is 0 Å². The maximum Gasteiger partial charge on any atom is 0.274 e. The van der Waals surface area contributed by atoms with Gasteiger partial charge in [-0.1, -0.05) is 20.8 Å². The van der Waals surface area contributed by atoms with Gasteiger partial charge < -0.3 is 10.7 Å². The van der Waals surface area contributed by atoms with Crippen LogP contribution >= 0.6 is 0 Å². The Morgan fingerprint density at radius 3 is 2.67 bits per heavy atom. The van der Waals surface area contributed by atoms with Crippen LogP contribution in [0.3, 0.4) is 0 Å². The first-order valence-corrected chi connectivity index (χ1v) is 7.28. The van der Waals surface area contributed by atoms with E-state index < -0.39 is 5.91 Å². The summed E-state index contributed by atoms with van der Waals surface area (Å²) in [7, 11) is 0. The van der Waals surface area contributed by atoms with E-state index in [9.17, 15) is 9.59 Å². The summed E-state index contributed by atoms with van der Waals surface area (Å²) in [5, 5.41) is 2.39. The van der Waals surface area contributed by atoms with Crippen molar-refractivity contribution >= 4 is 11.8 Å². The highest BCUT2D eigenvalue weighted by molar-refractivity contribution is 6.04. The summed E-state index contributed by atoms with van der Waals surface area (Å²) in [5.74, 6) is -0.699. The van der Waals surface area contributed by atoms with E-state index in [1.165, 1.54) is 0 Å². The first-order chi connectivity index (χ1) is 9.88. The second-order valence-electron chi connectivity index (χ2n) is 6.04. The Morgan fingerprint density at radius 2 is 2.14 bits per heavy atom. The number of carbonyl (C=O) groups excluding carboxylic acids is 2. The van der Waals surface area contributed by atoms with E-state index in [1.54, 1.807) is 18.3 Å². The zero-order valence-corrected chi connectivity index (χ0v) is 13.1. The van der Waals surface area contributed by atoms with Crippen LogP contribution in [-0.4, -0.2) is 47.9 Å². The molecule has 0 spiro atoms. The number of hydrogen-bond acceptors (Lipinski definition) is 4. The number of H-pyrrole nitrogens is 1. The summed E-state index contributed by atoms with van der Waals surface area (Å²) in [6.45, 7) is 8.47. The largest absolute Gasteiger partial charge is 0.357 e. The number of aromatic amines is 1. The number of amides is 2. The first-order valence-electron chi connectivity index (χ1n) is 7.28. The maximum absolute atomic E-state index is 12.0. The SMILES string of the molecule is CCCN(CC(=O)NC(=O)c1ccc[nH]1)CC(C)(C)CN. The quantitative estimate of drug-likeness (QED) is 0.666. The number of nitrogens with zero attached hydrogens (tertiary/aromatic N) is 1. The minimum absolute atomic E-state index is 0.0566. The molecule has 0 saturated carbocycles. The number of rotatable bonds is 8. The third-order valence-electron chi connectivity index (χ3n) is 3.21. The van der Waals surface area contributed by atoms with Crippen molar-refractivity contribution in [2.45, 2.75) is 27.2 Å². The number of aromatic nitrogens is 1. The van der Waals surface area contributed by atoms with Crippen LogP contribution in [0.25, 0.3) is 0 Å². The Morgan fingerprint density at radius 1 is 1.43 bits per heavy atom. The van der Waals surface area contributed by atoms with E-state index in [0.717, 1.165) is 19.5 Å². The van der Waals surface area contributed by atoms with Crippen LogP contribution in [0.1, 0.15) is 37.7 Å². The van der Waals surface area contributed by atoms with Crippen molar-refractivity contribution < 1.29 is 9.59 Å². The van der Waals surface area contributed by atoms with E-state index in [1.807, 2.05) is 4.90 Å². The molecule has 118 valence electrons. The summed E-state index contributed by atoms with van der Waals surface area (Å²) in [5.41, 5.74) is 6.07. The molecule has 2 amide bonds. The Labute approximate surface area is 126 Å². The molecule has 0 bridgehead atoms. The molecule has 1 rings (SSSR count). The van der Waals surface area contributed by atoms with Crippen molar-refractivity contribution in [1.29, 1.82) is 0 Å². The summed E-state index contributed by atoms with van der Waals surface area (Å²) < 4.78 is 0. The lowest BCUT2D eigenvalue weighted by atomic mass is 9.93. The average Bonchev–Trinajstić information content (AvgIpc) is 2.92. The zero-order valence-electron chi connectivity index (χ0n) is 13.1. The minimum Gasteiger partial charge on any atom is -0.357 e. The predicted molar refractivity (Wildman–Crippen MR) is 82.8 cm³/mol. The van der Waals surface area contributed by atoms with Crippen molar-refractivity contribution in [2.75, 3.05) is 26.2 Å². The fraction of sp³-hybridized carbons (Fsp3) is 0.600. The van der Waals surface area contributed by atoms with E-state index in [2.05, 4.69) is 31.1 Å². The molecule has 21 heavy (non-hydrogen) atoms. The minimum atomic E-state index is -0.403. The number of hydrogen-bond donors (Lipinski definition) is 3. The molecule has 0 saturated heterocycles. The molecule has 1 heterocycles. The van der Waals surface area contributed by atoms with Gasteiger partial charge in [-0.2, -0.15) is 0 Å². The molecular formula is C15H26N4O2. The predicted octanol–water partition coefficient (Wildman–Crippen LogP) is 0.968. The summed E-state index contributed by atoms with van der Waals surface area (Å²) in [6.07, 6.45) is 2.59. The Bertz CT molecular complexity index is 454. The number of nitrogens with one attached hydrogen (secondary N) is 2. The van der Waals surface area contributed by atoms with Gasteiger partial charge in [0.25, 0.3) is 5.91 Å². The highest BCUT2D eigenvalue weighted by Crippen LogP contribution is 2.14. The second kappa shape index (κ2) is 7.95. The van der Waals surface area contributed by atoms with Gasteiger partial charge in [0.15, 0.2) is 0 Å². The van der Waals surface area contributed by atoms with Gasteiger partial charge in [-0.15, -0.1) is 0 Å². The topological polar surface area (TPSA) is 91.2 Å². The van der Waals surface area contributed by atoms with Crippen LogP contribution < -0.4 is 11.1 Å². The normalized spacial score (nSPS) is 11.7. The Balaban J connectivity index is 2.54. The highest BCUT2D eigenvalue weighted by Gasteiger charge is 2.22. The van der Waals surface area contributed by atoms with Crippen molar-refractivity contribution in [2.24, 2.45) is 11.1 Å². The number of nitrogens with two attached hydrogens (primary N) is 1. The van der Waals surface area contributed by atoms with Gasteiger partial charge in [0.1, 0.15) is 5.69 Å². The van der Waals surface area contributed by atoms with Gasteiger partial charge >= 0.3 is 0 Å². The molecule has 0 aliphatic rings. The van der Waals surface area contributed by atoms with Gasteiger partial charge in [0, 0.05) is 12.7 Å². The van der Waals surface area contributed by atoms with E-state index in [-0.39, 0.29) is 17.9 Å². The third kappa shape index (κ3) is 6.10. The smallest absolute Gasteiger partial charge is 0.274 e. The van der Waals surface area contributed by atoms with E-state index in [4.69, 9.17) is 5.73 Å². The maximum atomic E-state index is 12.0. The molecule has 0 fully saturated rings. The summed E-state index contributed by atoms with van der Waals surface area (Å²) in [6, 6.07) is 3.34. The number of carbonyl (C=O) groups is 2. The van der Waals surface area contributed by atoms with Gasteiger partial charge in [0.05, 0.1) is 6.54 Å². The molecule has 6 nitrogen and oxygen atoms in total. The highest BCUT2D eigenvalue weighted by atomic mass is 16.2. The molecule has 0 aliphatic heterocycles. The van der Waals surface area contributed by atoms with E-state index in [0.29, 0.717) is 12.2 Å². The van der Waals surface area contributed by atoms with Crippen LogP contribution in [0.4, 0.5) is 0 Å². The number of imide groups is 1. The van der Waals surface area contributed by atoms with Crippen LogP contribution in [0, 0.1) is 5.41 Å². The van der Waals surface area contributed by atoms with Crippen LogP contribution in [0.2, 0.25) is 0 Å². The Kier molecular flexibility index (Phi) is 6.58. The lowest BCUT2D eigenvalue weighted by Crippen LogP contribution is -2.45. The molecule has 6 heteroatoms. The third-order valence-corrected chi connectivity index (χ3v) is 3.21. The Hall–Kier alpha value is -1.66. The molecule has 1 aromatic rings. The van der Waals surface area contributed by atoms with Gasteiger partial charge in [-0.05, 0) is 37.1 Å². The molecule has 4 N–H and O–H groups in total. The van der Waals surface area contributed by atoms with Crippen molar-refractivity contribution in [3.05, 3.63) is 24.0 Å². The monoisotopic (exact) mass is 294 g/mol. The van der Waals surface area contributed by atoms with Crippen LogP contribution in [-0.2, 0) is 4.79 Å². The lowest BCUT2D eigenvalue weighted by Gasteiger charge is -2.31. The summed E-state index contributed by atoms with van der Waals surface area (Å²) >= 11 is 0.